The van der Waals surface area contributed by atoms with Gasteiger partial charge >= 0.3 is 0 Å². The third-order valence-electron chi connectivity index (χ3n) is 4.61. The zero-order valence-corrected chi connectivity index (χ0v) is 19.2. The highest BCUT2D eigenvalue weighted by Crippen LogP contribution is 2.24. The molecule has 2 aromatic carbocycles. The predicted molar refractivity (Wildman–Crippen MR) is 122 cm³/mol. The Kier molecular flexibility index (Phi) is 9.34. The second kappa shape index (κ2) is 11.5. The molecule has 0 radical (unpaired) electrons. The third kappa shape index (κ3) is 7.25. The van der Waals surface area contributed by atoms with Gasteiger partial charge in [0.05, 0.1) is 15.8 Å². The average Bonchev–Trinajstić information content (AvgIpc) is 2.72. The summed E-state index contributed by atoms with van der Waals surface area (Å²) in [7, 11) is 0. The van der Waals surface area contributed by atoms with E-state index in [1.165, 1.54) is 11.8 Å². The number of benzene rings is 2. The summed E-state index contributed by atoms with van der Waals surface area (Å²) in [5, 5.41) is 3.84. The van der Waals surface area contributed by atoms with Crippen molar-refractivity contribution in [2.45, 2.75) is 50.7 Å². The van der Waals surface area contributed by atoms with Gasteiger partial charge in [-0.3, -0.25) is 9.59 Å². The van der Waals surface area contributed by atoms with Crippen LogP contribution in [0.2, 0.25) is 10.0 Å². The van der Waals surface area contributed by atoms with Crippen LogP contribution in [-0.2, 0) is 16.1 Å². The summed E-state index contributed by atoms with van der Waals surface area (Å²) in [6.45, 7) is 5.98. The molecule has 0 aliphatic heterocycles. The van der Waals surface area contributed by atoms with E-state index in [-0.39, 0.29) is 30.2 Å². The van der Waals surface area contributed by atoms with Crippen LogP contribution < -0.4 is 5.32 Å². The Labute approximate surface area is 187 Å². The fourth-order valence-electron chi connectivity index (χ4n) is 2.63. The van der Waals surface area contributed by atoms with Gasteiger partial charge in [0, 0.05) is 17.5 Å². The summed E-state index contributed by atoms with van der Waals surface area (Å²) in [6.07, 6.45) is 0.822. The van der Waals surface area contributed by atoms with Gasteiger partial charge in [0.25, 0.3) is 0 Å². The average molecular weight is 453 g/mol. The van der Waals surface area contributed by atoms with E-state index in [0.717, 1.165) is 16.9 Å². The fourth-order valence-corrected chi connectivity index (χ4v) is 3.75. The lowest BCUT2D eigenvalue weighted by Gasteiger charge is -2.29. The topological polar surface area (TPSA) is 49.4 Å². The van der Waals surface area contributed by atoms with Crippen LogP contribution in [0.3, 0.4) is 0 Å². The van der Waals surface area contributed by atoms with Gasteiger partial charge in [-0.1, -0.05) is 54.4 Å². The lowest BCUT2D eigenvalue weighted by molar-refractivity contribution is -0.138. The number of carbonyl (C=O) groups excluding carboxylic acids is 2. The fraction of sp³-hybridized carbons (Fsp3) is 0.364. The summed E-state index contributed by atoms with van der Waals surface area (Å²) in [4.78, 5) is 28.3. The van der Waals surface area contributed by atoms with E-state index in [4.69, 9.17) is 23.2 Å². The molecule has 0 bridgehead atoms. The molecule has 2 amide bonds. The molecule has 29 heavy (non-hydrogen) atoms. The van der Waals surface area contributed by atoms with Crippen molar-refractivity contribution in [3.8, 4) is 0 Å². The van der Waals surface area contributed by atoms with Gasteiger partial charge in [-0.15, -0.1) is 11.8 Å². The maximum Gasteiger partial charge on any atom is 0.242 e. The Morgan fingerprint density at radius 3 is 2.38 bits per heavy atom. The minimum absolute atomic E-state index is 0.0468. The summed E-state index contributed by atoms with van der Waals surface area (Å²) in [5.74, 6) is -0.0408. The van der Waals surface area contributed by atoms with Crippen LogP contribution >= 0.6 is 35.0 Å². The Morgan fingerprint density at radius 2 is 1.76 bits per heavy atom. The Morgan fingerprint density at radius 1 is 1.07 bits per heavy atom. The van der Waals surface area contributed by atoms with Crippen LogP contribution in [0.15, 0.2) is 53.4 Å². The molecule has 0 aromatic heterocycles. The van der Waals surface area contributed by atoms with Crippen LogP contribution in [0.4, 0.5) is 0 Å². The summed E-state index contributed by atoms with van der Waals surface area (Å²) >= 11 is 13.6. The highest BCUT2D eigenvalue weighted by Gasteiger charge is 2.27. The molecule has 2 aromatic rings. The smallest absolute Gasteiger partial charge is 0.242 e. The van der Waals surface area contributed by atoms with Crippen molar-refractivity contribution in [2.24, 2.45) is 0 Å². The number of rotatable bonds is 9. The number of nitrogens with one attached hydrogen (secondary N) is 1. The van der Waals surface area contributed by atoms with Gasteiger partial charge in [0.15, 0.2) is 0 Å². The number of nitrogens with zero attached hydrogens (tertiary/aromatic N) is 1. The molecule has 0 spiro atoms. The van der Waals surface area contributed by atoms with Crippen LogP contribution in [0, 0.1) is 0 Å². The molecule has 0 heterocycles. The van der Waals surface area contributed by atoms with Gasteiger partial charge < -0.3 is 10.2 Å². The summed E-state index contributed by atoms with van der Waals surface area (Å²) in [5.41, 5.74) is 0.820. The normalized spacial score (nSPS) is 12.9. The molecule has 4 nitrogen and oxygen atoms in total. The van der Waals surface area contributed by atoms with E-state index in [2.05, 4.69) is 5.32 Å². The lowest BCUT2D eigenvalue weighted by Crippen LogP contribution is -2.50. The van der Waals surface area contributed by atoms with Crippen LogP contribution in [0.25, 0.3) is 0 Å². The predicted octanol–water partition coefficient (Wildman–Crippen LogP) is 5.42. The number of hydrogen-bond donors (Lipinski definition) is 1. The maximum absolute atomic E-state index is 13.0. The van der Waals surface area contributed by atoms with Crippen LogP contribution in [0.5, 0.6) is 0 Å². The highest BCUT2D eigenvalue weighted by atomic mass is 35.5. The van der Waals surface area contributed by atoms with Crippen LogP contribution in [-0.4, -0.2) is 34.6 Å². The number of thioether (sulfide) groups is 1. The minimum atomic E-state index is -0.609. The number of amides is 2. The maximum atomic E-state index is 13.0. The zero-order chi connectivity index (χ0) is 21.4. The first-order valence-corrected chi connectivity index (χ1v) is 11.3. The van der Waals surface area contributed by atoms with E-state index in [1.807, 2.05) is 50.2 Å². The van der Waals surface area contributed by atoms with Gasteiger partial charge in [-0.2, -0.15) is 0 Å². The molecule has 1 N–H and O–H groups in total. The molecule has 0 aliphatic carbocycles. The molecule has 156 valence electrons. The highest BCUT2D eigenvalue weighted by molar-refractivity contribution is 8.00. The molecule has 7 heteroatoms. The van der Waals surface area contributed by atoms with Crippen molar-refractivity contribution in [3.63, 3.8) is 0 Å². The van der Waals surface area contributed by atoms with E-state index in [9.17, 15) is 9.59 Å². The van der Waals surface area contributed by atoms with Gasteiger partial charge in [-0.25, -0.2) is 0 Å². The second-order valence-electron chi connectivity index (χ2n) is 6.87. The first-order valence-electron chi connectivity index (χ1n) is 9.53. The van der Waals surface area contributed by atoms with Crippen molar-refractivity contribution in [2.75, 3.05) is 5.75 Å². The zero-order valence-electron chi connectivity index (χ0n) is 16.8. The quantitative estimate of drug-likeness (QED) is 0.516. The van der Waals surface area contributed by atoms with E-state index >= 15 is 0 Å². The third-order valence-corrected chi connectivity index (χ3v) is 6.35. The SMILES string of the molecule is CC[C@@H](C)NC(=O)[C@H](C)N(Cc1ccc(Cl)c(Cl)c1)C(=O)CSc1ccccc1. The first kappa shape index (κ1) is 23.6. The molecule has 0 unspecified atom stereocenters. The van der Waals surface area contributed by atoms with Crippen molar-refractivity contribution in [1.82, 2.24) is 10.2 Å². The lowest BCUT2D eigenvalue weighted by atomic mass is 10.1. The van der Waals surface area contributed by atoms with E-state index in [0.29, 0.717) is 10.0 Å². The first-order chi connectivity index (χ1) is 13.8. The van der Waals surface area contributed by atoms with Gasteiger partial charge in [0.2, 0.25) is 11.8 Å². The standard InChI is InChI=1S/C22H26Cl2N2O2S/c1-4-15(2)25-22(28)16(3)26(13-17-10-11-19(23)20(24)12-17)21(27)14-29-18-8-6-5-7-9-18/h5-12,15-16H,4,13-14H2,1-3H3,(H,25,28)/t15-,16+/m1/s1. The molecule has 0 saturated heterocycles. The summed E-state index contributed by atoms with van der Waals surface area (Å²) < 4.78 is 0. The van der Waals surface area contributed by atoms with E-state index in [1.54, 1.807) is 24.0 Å². The molecule has 0 saturated carbocycles. The molecule has 2 rings (SSSR count). The molecule has 0 aliphatic rings. The van der Waals surface area contributed by atoms with Gasteiger partial charge in [0.1, 0.15) is 6.04 Å². The Balaban J connectivity index is 2.17. The second-order valence-corrected chi connectivity index (χ2v) is 8.73. The summed E-state index contributed by atoms with van der Waals surface area (Å²) in [6, 6.07) is 14.4. The Hall–Kier alpha value is -1.69. The largest absolute Gasteiger partial charge is 0.352 e. The number of hydrogen-bond acceptors (Lipinski definition) is 3. The van der Waals surface area contributed by atoms with Crippen molar-refractivity contribution in [3.05, 3.63) is 64.1 Å². The van der Waals surface area contributed by atoms with Crippen molar-refractivity contribution < 1.29 is 9.59 Å². The molecular weight excluding hydrogens is 427 g/mol. The Bertz CT molecular complexity index is 833. The monoisotopic (exact) mass is 452 g/mol. The number of carbonyl (C=O) groups is 2. The van der Waals surface area contributed by atoms with Gasteiger partial charge in [-0.05, 0) is 50.1 Å². The van der Waals surface area contributed by atoms with E-state index < -0.39 is 6.04 Å². The number of halogens is 2. The molecular formula is C22H26Cl2N2O2S. The molecule has 2 atom stereocenters. The minimum Gasteiger partial charge on any atom is -0.352 e. The van der Waals surface area contributed by atoms with Crippen LogP contribution in [0.1, 0.15) is 32.8 Å². The van der Waals surface area contributed by atoms with Crippen molar-refractivity contribution in [1.29, 1.82) is 0 Å². The molecule has 0 fully saturated rings. The van der Waals surface area contributed by atoms with Crippen molar-refractivity contribution >= 4 is 46.8 Å².